The molecule has 0 aliphatic carbocycles. The normalized spacial score (nSPS) is 18.5. The highest BCUT2D eigenvalue weighted by Crippen LogP contribution is 2.37. The third-order valence-electron chi connectivity index (χ3n) is 4.92. The first-order chi connectivity index (χ1) is 11.4. The topological polar surface area (TPSA) is 9.72 Å². The molecule has 0 aromatic heterocycles. The summed E-state index contributed by atoms with van der Waals surface area (Å²) in [6.45, 7) is 4.64. The molecule has 3 nitrogen and oxygen atoms in total. The van der Waals surface area contributed by atoms with Gasteiger partial charge in [-0.2, -0.15) is 0 Å². The van der Waals surface area contributed by atoms with Crippen molar-refractivity contribution < 1.29 is 0 Å². The summed E-state index contributed by atoms with van der Waals surface area (Å²) in [5.41, 5.74) is 3.96. The van der Waals surface area contributed by atoms with Crippen LogP contribution in [0.3, 0.4) is 0 Å². The van der Waals surface area contributed by atoms with E-state index in [-0.39, 0.29) is 0 Å². The highest BCUT2D eigenvalue weighted by Gasteiger charge is 2.25. The lowest BCUT2D eigenvalue weighted by molar-refractivity contribution is 0.345. The van der Waals surface area contributed by atoms with Crippen LogP contribution in [0, 0.1) is 0 Å². The number of nitrogens with zero attached hydrogens (tertiary/aromatic N) is 3. The molecule has 0 radical (unpaired) electrons. The maximum absolute atomic E-state index is 2.54. The summed E-state index contributed by atoms with van der Waals surface area (Å²) < 4.78 is 0. The Labute approximate surface area is 139 Å². The van der Waals surface area contributed by atoms with Gasteiger partial charge in [0.1, 0.15) is 0 Å². The van der Waals surface area contributed by atoms with Crippen molar-refractivity contribution in [1.82, 2.24) is 5.01 Å². The summed E-state index contributed by atoms with van der Waals surface area (Å²) >= 11 is 0. The van der Waals surface area contributed by atoms with Crippen LogP contribution in [0.2, 0.25) is 0 Å². The van der Waals surface area contributed by atoms with Gasteiger partial charge in [0.25, 0.3) is 0 Å². The van der Waals surface area contributed by atoms with Crippen molar-refractivity contribution >= 4 is 17.1 Å². The molecule has 2 saturated heterocycles. The van der Waals surface area contributed by atoms with E-state index in [0.717, 1.165) is 13.1 Å². The van der Waals surface area contributed by atoms with Gasteiger partial charge in [0, 0.05) is 26.2 Å². The van der Waals surface area contributed by atoms with Crippen molar-refractivity contribution in [1.29, 1.82) is 0 Å². The summed E-state index contributed by atoms with van der Waals surface area (Å²) in [7, 11) is 0. The number of benzene rings is 2. The summed E-state index contributed by atoms with van der Waals surface area (Å²) in [4.78, 5) is 2.54. The molecule has 0 N–H and O–H groups in total. The third kappa shape index (κ3) is 2.93. The Balaban J connectivity index is 1.77. The zero-order chi connectivity index (χ0) is 15.5. The maximum atomic E-state index is 2.54. The SMILES string of the molecule is c1ccc(N(c2ccccc2N2CCCC2)N2CCCC2)cc1. The summed E-state index contributed by atoms with van der Waals surface area (Å²) in [6, 6.07) is 19.7. The molecule has 23 heavy (non-hydrogen) atoms. The van der Waals surface area contributed by atoms with Crippen molar-refractivity contribution in [3.05, 3.63) is 54.6 Å². The molecule has 120 valence electrons. The molecule has 4 rings (SSSR count). The zero-order valence-electron chi connectivity index (χ0n) is 13.7. The second-order valence-electron chi connectivity index (χ2n) is 6.49. The fraction of sp³-hybridized carbons (Fsp3) is 0.400. The van der Waals surface area contributed by atoms with E-state index in [0.29, 0.717) is 0 Å². The number of hydrogen-bond donors (Lipinski definition) is 0. The van der Waals surface area contributed by atoms with Crippen LogP contribution in [-0.4, -0.2) is 31.2 Å². The molecular weight excluding hydrogens is 282 g/mol. The fourth-order valence-electron chi connectivity index (χ4n) is 3.79. The van der Waals surface area contributed by atoms with Gasteiger partial charge >= 0.3 is 0 Å². The molecule has 2 fully saturated rings. The molecule has 2 aliphatic rings. The van der Waals surface area contributed by atoms with E-state index in [1.807, 2.05) is 0 Å². The highest BCUT2D eigenvalue weighted by molar-refractivity contribution is 5.76. The van der Waals surface area contributed by atoms with E-state index in [9.17, 15) is 0 Å². The molecule has 2 aliphatic heterocycles. The van der Waals surface area contributed by atoms with Crippen LogP contribution in [0.25, 0.3) is 0 Å². The lowest BCUT2D eigenvalue weighted by Crippen LogP contribution is -2.38. The van der Waals surface area contributed by atoms with Crippen LogP contribution in [-0.2, 0) is 0 Å². The fourth-order valence-corrected chi connectivity index (χ4v) is 3.79. The van der Waals surface area contributed by atoms with Gasteiger partial charge in [-0.25, -0.2) is 5.01 Å². The minimum atomic E-state index is 1.14. The van der Waals surface area contributed by atoms with Gasteiger partial charge in [-0.15, -0.1) is 0 Å². The molecular formula is C20H25N3. The second-order valence-corrected chi connectivity index (χ2v) is 6.49. The number of hydrazine groups is 1. The first kappa shape index (κ1) is 14.6. The molecule has 3 heteroatoms. The van der Waals surface area contributed by atoms with E-state index >= 15 is 0 Å². The van der Waals surface area contributed by atoms with Crippen molar-refractivity contribution in [2.24, 2.45) is 0 Å². The Hall–Kier alpha value is -2.00. The Morgan fingerprint density at radius 3 is 2.00 bits per heavy atom. The van der Waals surface area contributed by atoms with Gasteiger partial charge in [0.2, 0.25) is 0 Å². The van der Waals surface area contributed by atoms with Crippen LogP contribution < -0.4 is 9.91 Å². The van der Waals surface area contributed by atoms with Gasteiger partial charge in [-0.3, -0.25) is 5.01 Å². The maximum Gasteiger partial charge on any atom is 0.0813 e. The molecule has 0 bridgehead atoms. The average molecular weight is 307 g/mol. The van der Waals surface area contributed by atoms with Gasteiger partial charge in [-0.1, -0.05) is 30.3 Å². The number of para-hydroxylation sites is 3. The molecule has 2 aromatic carbocycles. The summed E-state index contributed by atoms with van der Waals surface area (Å²) in [6.07, 6.45) is 5.19. The first-order valence-corrected chi connectivity index (χ1v) is 8.87. The molecule has 0 unspecified atom stereocenters. The van der Waals surface area contributed by atoms with E-state index in [2.05, 4.69) is 69.5 Å². The van der Waals surface area contributed by atoms with Crippen LogP contribution in [0.15, 0.2) is 54.6 Å². The molecule has 2 aromatic rings. The Morgan fingerprint density at radius 1 is 0.652 bits per heavy atom. The molecule has 0 saturated carbocycles. The largest absolute Gasteiger partial charge is 0.370 e. The van der Waals surface area contributed by atoms with E-state index in [1.165, 1.54) is 55.8 Å². The van der Waals surface area contributed by atoms with Gasteiger partial charge in [-0.05, 0) is 49.9 Å². The van der Waals surface area contributed by atoms with Crippen LogP contribution in [0.5, 0.6) is 0 Å². The quantitative estimate of drug-likeness (QED) is 0.827. The smallest absolute Gasteiger partial charge is 0.0813 e. The Morgan fingerprint density at radius 2 is 1.26 bits per heavy atom. The molecule has 0 amide bonds. The molecule has 0 atom stereocenters. The second kappa shape index (κ2) is 6.63. The third-order valence-corrected chi connectivity index (χ3v) is 4.92. The number of anilines is 3. The van der Waals surface area contributed by atoms with Crippen molar-refractivity contribution in [3.63, 3.8) is 0 Å². The van der Waals surface area contributed by atoms with Crippen molar-refractivity contribution in [2.75, 3.05) is 36.1 Å². The molecule has 2 heterocycles. The minimum absolute atomic E-state index is 1.14. The molecule has 0 spiro atoms. The summed E-state index contributed by atoms with van der Waals surface area (Å²) in [5.74, 6) is 0. The van der Waals surface area contributed by atoms with E-state index in [1.54, 1.807) is 0 Å². The Bertz CT molecular complexity index is 628. The van der Waals surface area contributed by atoms with Gasteiger partial charge < -0.3 is 4.90 Å². The van der Waals surface area contributed by atoms with Crippen LogP contribution in [0.1, 0.15) is 25.7 Å². The van der Waals surface area contributed by atoms with E-state index < -0.39 is 0 Å². The average Bonchev–Trinajstić information content (AvgIpc) is 3.31. The zero-order valence-corrected chi connectivity index (χ0v) is 13.7. The lowest BCUT2D eigenvalue weighted by Gasteiger charge is -2.36. The minimum Gasteiger partial charge on any atom is -0.370 e. The van der Waals surface area contributed by atoms with Crippen molar-refractivity contribution in [2.45, 2.75) is 25.7 Å². The first-order valence-electron chi connectivity index (χ1n) is 8.87. The van der Waals surface area contributed by atoms with Gasteiger partial charge in [0.15, 0.2) is 0 Å². The Kier molecular flexibility index (Phi) is 4.20. The number of hydrogen-bond acceptors (Lipinski definition) is 3. The highest BCUT2D eigenvalue weighted by atomic mass is 15.6. The van der Waals surface area contributed by atoms with Crippen LogP contribution in [0.4, 0.5) is 17.1 Å². The number of rotatable bonds is 4. The van der Waals surface area contributed by atoms with Crippen LogP contribution >= 0.6 is 0 Å². The van der Waals surface area contributed by atoms with E-state index in [4.69, 9.17) is 0 Å². The predicted octanol–water partition coefficient (Wildman–Crippen LogP) is 4.44. The predicted molar refractivity (Wildman–Crippen MR) is 97.3 cm³/mol. The van der Waals surface area contributed by atoms with Gasteiger partial charge in [0.05, 0.1) is 17.1 Å². The summed E-state index contributed by atoms with van der Waals surface area (Å²) in [5, 5.41) is 4.95. The standard InChI is InChI=1S/C20H25N3/c1-2-10-18(11-3-1)23(22-16-8-9-17-22)20-13-5-4-12-19(20)21-14-6-7-15-21/h1-5,10-13H,6-9,14-17H2. The van der Waals surface area contributed by atoms with Crippen molar-refractivity contribution in [3.8, 4) is 0 Å². The lowest BCUT2D eigenvalue weighted by atomic mass is 10.2. The monoisotopic (exact) mass is 307 g/mol.